The average Bonchev–Trinajstić information content (AvgIpc) is 2.66. The van der Waals surface area contributed by atoms with E-state index in [4.69, 9.17) is 0 Å². The van der Waals surface area contributed by atoms with Gasteiger partial charge in [0, 0.05) is 25.4 Å². The van der Waals surface area contributed by atoms with Gasteiger partial charge in [-0.1, -0.05) is 48.5 Å². The highest BCUT2D eigenvalue weighted by Gasteiger charge is 2.32. The smallest absolute Gasteiger partial charge is 0.322 e. The van der Waals surface area contributed by atoms with E-state index in [2.05, 4.69) is 10.6 Å². The number of hydrogen-bond acceptors (Lipinski definition) is 3. The number of para-hydroxylation sites is 1. The molecule has 0 aromatic heterocycles. The van der Waals surface area contributed by atoms with E-state index in [1.807, 2.05) is 54.6 Å². The number of nitrogens with zero attached hydrogens (tertiary/aromatic N) is 1. The standard InChI is InChI=1S/C20H23N3O3/c24-13-10-18-19(25)21-11-12-23(18)20(26)22-17-9-5-4-8-16(17)14-15-6-2-1-3-7-15/h1-9,18,24H,10-14H2,(H,21,25)(H,22,26). The number of carbonyl (C=O) groups is 2. The summed E-state index contributed by atoms with van der Waals surface area (Å²) in [6, 6.07) is 16.7. The number of urea groups is 1. The van der Waals surface area contributed by atoms with Gasteiger partial charge in [-0.15, -0.1) is 0 Å². The van der Waals surface area contributed by atoms with Gasteiger partial charge in [-0.2, -0.15) is 0 Å². The molecule has 0 aliphatic carbocycles. The maximum atomic E-state index is 12.8. The maximum Gasteiger partial charge on any atom is 0.322 e. The Hall–Kier alpha value is -2.86. The molecule has 0 saturated carbocycles. The second-order valence-corrected chi connectivity index (χ2v) is 6.26. The topological polar surface area (TPSA) is 81.7 Å². The summed E-state index contributed by atoms with van der Waals surface area (Å²) in [5.74, 6) is -0.224. The van der Waals surface area contributed by atoms with Gasteiger partial charge in [-0.05, 0) is 30.0 Å². The van der Waals surface area contributed by atoms with Crippen LogP contribution in [0.15, 0.2) is 54.6 Å². The minimum Gasteiger partial charge on any atom is -0.396 e. The number of hydrogen-bond donors (Lipinski definition) is 3. The molecule has 6 heteroatoms. The number of carbonyl (C=O) groups excluding carboxylic acids is 2. The van der Waals surface area contributed by atoms with E-state index < -0.39 is 6.04 Å². The lowest BCUT2D eigenvalue weighted by Gasteiger charge is -2.34. The van der Waals surface area contributed by atoms with Crippen molar-refractivity contribution in [2.45, 2.75) is 18.9 Å². The third-order valence-corrected chi connectivity index (χ3v) is 4.49. The Labute approximate surface area is 152 Å². The van der Waals surface area contributed by atoms with Crippen LogP contribution in [0.5, 0.6) is 0 Å². The molecule has 3 N–H and O–H groups in total. The Morgan fingerprint density at radius 1 is 1.15 bits per heavy atom. The van der Waals surface area contributed by atoms with E-state index in [-0.39, 0.29) is 25.0 Å². The first-order valence-electron chi connectivity index (χ1n) is 8.77. The SMILES string of the molecule is O=C1NCCN(C(=O)Nc2ccccc2Cc2ccccc2)C1CCO. The van der Waals surface area contributed by atoms with Crippen molar-refractivity contribution in [1.82, 2.24) is 10.2 Å². The monoisotopic (exact) mass is 353 g/mol. The summed E-state index contributed by atoms with van der Waals surface area (Å²) in [5, 5.41) is 14.9. The van der Waals surface area contributed by atoms with Crippen LogP contribution in [0.4, 0.5) is 10.5 Å². The van der Waals surface area contributed by atoms with Crippen LogP contribution in [0.2, 0.25) is 0 Å². The molecule has 0 bridgehead atoms. The van der Waals surface area contributed by atoms with Crippen LogP contribution in [0.1, 0.15) is 17.5 Å². The van der Waals surface area contributed by atoms with Crippen molar-refractivity contribution in [3.05, 3.63) is 65.7 Å². The van der Waals surface area contributed by atoms with Gasteiger partial charge in [0.2, 0.25) is 5.91 Å². The molecule has 1 fully saturated rings. The van der Waals surface area contributed by atoms with Crippen molar-refractivity contribution >= 4 is 17.6 Å². The fourth-order valence-electron chi connectivity index (χ4n) is 3.17. The quantitative estimate of drug-likeness (QED) is 0.769. The van der Waals surface area contributed by atoms with Crippen molar-refractivity contribution < 1.29 is 14.7 Å². The van der Waals surface area contributed by atoms with Crippen molar-refractivity contribution in [1.29, 1.82) is 0 Å². The molecule has 136 valence electrons. The highest BCUT2D eigenvalue weighted by Crippen LogP contribution is 2.20. The number of benzene rings is 2. The van der Waals surface area contributed by atoms with Gasteiger partial charge in [-0.25, -0.2) is 4.79 Å². The first kappa shape index (κ1) is 17.9. The second-order valence-electron chi connectivity index (χ2n) is 6.26. The Morgan fingerprint density at radius 3 is 2.65 bits per heavy atom. The molecule has 6 nitrogen and oxygen atoms in total. The fraction of sp³-hybridized carbons (Fsp3) is 0.300. The molecule has 3 amide bonds. The largest absolute Gasteiger partial charge is 0.396 e. The summed E-state index contributed by atoms with van der Waals surface area (Å²) < 4.78 is 0. The zero-order chi connectivity index (χ0) is 18.4. The van der Waals surface area contributed by atoms with Crippen LogP contribution in [-0.2, 0) is 11.2 Å². The van der Waals surface area contributed by atoms with Crippen LogP contribution in [0.25, 0.3) is 0 Å². The first-order valence-corrected chi connectivity index (χ1v) is 8.77. The summed E-state index contributed by atoms with van der Waals surface area (Å²) in [6.07, 6.45) is 0.933. The lowest BCUT2D eigenvalue weighted by Crippen LogP contribution is -2.58. The Kier molecular flexibility index (Phi) is 5.86. The van der Waals surface area contributed by atoms with Gasteiger partial charge in [0.25, 0.3) is 0 Å². The normalized spacial score (nSPS) is 16.9. The van der Waals surface area contributed by atoms with Crippen molar-refractivity contribution in [3.63, 3.8) is 0 Å². The Bertz CT molecular complexity index is 764. The third kappa shape index (κ3) is 4.21. The van der Waals surface area contributed by atoms with Gasteiger partial charge in [-0.3, -0.25) is 4.79 Å². The minimum absolute atomic E-state index is 0.146. The number of amides is 3. The lowest BCUT2D eigenvalue weighted by atomic mass is 10.0. The Balaban J connectivity index is 1.75. The molecular formula is C20H23N3O3. The number of nitrogens with one attached hydrogen (secondary N) is 2. The van der Waals surface area contributed by atoms with E-state index >= 15 is 0 Å². The second kappa shape index (κ2) is 8.49. The molecule has 2 aromatic carbocycles. The van der Waals surface area contributed by atoms with Gasteiger partial charge in [0.1, 0.15) is 6.04 Å². The van der Waals surface area contributed by atoms with Gasteiger partial charge in [0.05, 0.1) is 0 Å². The molecule has 1 saturated heterocycles. The molecule has 3 rings (SSSR count). The number of aliphatic hydroxyl groups excluding tert-OH is 1. The molecule has 1 aliphatic rings. The molecule has 1 unspecified atom stereocenters. The highest BCUT2D eigenvalue weighted by molar-refractivity contribution is 5.95. The summed E-state index contributed by atoms with van der Waals surface area (Å²) >= 11 is 0. The van der Waals surface area contributed by atoms with E-state index in [0.717, 1.165) is 16.8 Å². The van der Waals surface area contributed by atoms with Crippen LogP contribution in [0, 0.1) is 0 Å². The molecule has 26 heavy (non-hydrogen) atoms. The number of anilines is 1. The molecule has 1 heterocycles. The maximum absolute atomic E-state index is 12.8. The number of rotatable bonds is 5. The lowest BCUT2D eigenvalue weighted by molar-refractivity contribution is -0.128. The fourth-order valence-corrected chi connectivity index (χ4v) is 3.17. The van der Waals surface area contributed by atoms with E-state index in [0.29, 0.717) is 19.5 Å². The van der Waals surface area contributed by atoms with Crippen LogP contribution < -0.4 is 10.6 Å². The predicted octanol–water partition coefficient (Wildman–Crippen LogP) is 1.99. The zero-order valence-corrected chi connectivity index (χ0v) is 14.5. The Morgan fingerprint density at radius 2 is 1.88 bits per heavy atom. The average molecular weight is 353 g/mol. The van der Waals surface area contributed by atoms with Crippen molar-refractivity contribution in [3.8, 4) is 0 Å². The van der Waals surface area contributed by atoms with Gasteiger partial charge in [0.15, 0.2) is 0 Å². The molecule has 2 aromatic rings. The van der Waals surface area contributed by atoms with Crippen LogP contribution in [-0.4, -0.2) is 47.7 Å². The molecule has 1 aliphatic heterocycles. The van der Waals surface area contributed by atoms with Crippen molar-refractivity contribution in [2.24, 2.45) is 0 Å². The van der Waals surface area contributed by atoms with Gasteiger partial charge >= 0.3 is 6.03 Å². The molecule has 0 spiro atoms. The zero-order valence-electron chi connectivity index (χ0n) is 14.5. The van der Waals surface area contributed by atoms with Crippen molar-refractivity contribution in [2.75, 3.05) is 25.0 Å². The summed E-state index contributed by atoms with van der Waals surface area (Å²) in [5.41, 5.74) is 2.90. The number of piperazine rings is 1. The van der Waals surface area contributed by atoms with Crippen LogP contribution >= 0.6 is 0 Å². The highest BCUT2D eigenvalue weighted by atomic mass is 16.3. The van der Waals surface area contributed by atoms with E-state index in [1.165, 1.54) is 4.90 Å². The molecule has 0 radical (unpaired) electrons. The summed E-state index contributed by atoms with van der Waals surface area (Å²) in [4.78, 5) is 26.3. The third-order valence-electron chi connectivity index (χ3n) is 4.49. The molecule has 1 atom stereocenters. The van der Waals surface area contributed by atoms with Crippen LogP contribution in [0.3, 0.4) is 0 Å². The van der Waals surface area contributed by atoms with Gasteiger partial charge < -0.3 is 20.6 Å². The predicted molar refractivity (Wildman–Crippen MR) is 99.9 cm³/mol. The summed E-state index contributed by atoms with van der Waals surface area (Å²) in [6.45, 7) is 0.690. The molecular weight excluding hydrogens is 330 g/mol. The first-order chi connectivity index (χ1) is 12.7. The minimum atomic E-state index is -0.643. The van der Waals surface area contributed by atoms with E-state index in [1.54, 1.807) is 0 Å². The van der Waals surface area contributed by atoms with E-state index in [9.17, 15) is 14.7 Å². The summed E-state index contributed by atoms with van der Waals surface area (Å²) in [7, 11) is 0. The number of aliphatic hydroxyl groups is 1.